The molecule has 0 aliphatic carbocycles. The zero-order valence-electron chi connectivity index (χ0n) is 6.50. The smallest absolute Gasteiger partial charge is 0.124 e. The number of hydrogen-bond acceptors (Lipinski definition) is 2. The van der Waals surface area contributed by atoms with Crippen molar-refractivity contribution in [3.8, 4) is 11.3 Å². The van der Waals surface area contributed by atoms with E-state index >= 15 is 0 Å². The molecule has 0 bridgehead atoms. The Morgan fingerprint density at radius 1 is 1.31 bits per heavy atom. The zero-order valence-corrected chi connectivity index (χ0v) is 8.84. The summed E-state index contributed by atoms with van der Waals surface area (Å²) in [4.78, 5) is 0. The maximum Gasteiger partial charge on any atom is 0.124 e. The van der Waals surface area contributed by atoms with Gasteiger partial charge in [0.1, 0.15) is 12.0 Å². The van der Waals surface area contributed by atoms with E-state index in [1.807, 2.05) is 18.2 Å². The average molecular weight is 259 g/mol. The van der Waals surface area contributed by atoms with Crippen LogP contribution in [0.3, 0.4) is 0 Å². The van der Waals surface area contributed by atoms with Gasteiger partial charge in [0, 0.05) is 16.1 Å². The standard InChI is InChI=1S/C9H5BrClNO/c10-6-2-1-3-7(11)9(6)8-4-5-13-12-8/h1-5H. The molecule has 0 spiro atoms. The van der Waals surface area contributed by atoms with E-state index in [4.69, 9.17) is 16.1 Å². The molecule has 13 heavy (non-hydrogen) atoms. The molecule has 0 atom stereocenters. The van der Waals surface area contributed by atoms with Crippen LogP contribution in [0.2, 0.25) is 5.02 Å². The van der Waals surface area contributed by atoms with E-state index in [1.165, 1.54) is 6.26 Å². The van der Waals surface area contributed by atoms with E-state index in [2.05, 4.69) is 21.1 Å². The first kappa shape index (κ1) is 8.78. The topological polar surface area (TPSA) is 26.0 Å². The molecule has 2 rings (SSSR count). The van der Waals surface area contributed by atoms with Gasteiger partial charge in [-0.25, -0.2) is 0 Å². The predicted octanol–water partition coefficient (Wildman–Crippen LogP) is 3.76. The van der Waals surface area contributed by atoms with Crippen molar-refractivity contribution in [1.29, 1.82) is 0 Å². The van der Waals surface area contributed by atoms with E-state index in [0.29, 0.717) is 5.02 Å². The normalized spacial score (nSPS) is 10.3. The Bertz CT molecular complexity index is 393. The Kier molecular flexibility index (Phi) is 2.38. The molecule has 0 aliphatic rings. The Balaban J connectivity index is 2.64. The van der Waals surface area contributed by atoms with Gasteiger partial charge in [0.15, 0.2) is 0 Å². The molecule has 2 nitrogen and oxygen atoms in total. The minimum absolute atomic E-state index is 0.656. The molecule has 0 radical (unpaired) electrons. The molecule has 1 aromatic carbocycles. The largest absolute Gasteiger partial charge is 0.364 e. The number of aromatic nitrogens is 1. The first-order valence-corrected chi connectivity index (χ1v) is 4.81. The third-order valence-corrected chi connectivity index (χ3v) is 2.63. The highest BCUT2D eigenvalue weighted by Gasteiger charge is 2.09. The molecule has 0 N–H and O–H groups in total. The third-order valence-electron chi connectivity index (χ3n) is 1.66. The Labute approximate surface area is 88.6 Å². The first-order chi connectivity index (χ1) is 6.29. The second-order valence-corrected chi connectivity index (χ2v) is 3.74. The van der Waals surface area contributed by atoms with Crippen molar-refractivity contribution in [3.63, 3.8) is 0 Å². The van der Waals surface area contributed by atoms with Gasteiger partial charge in [0.25, 0.3) is 0 Å². The monoisotopic (exact) mass is 257 g/mol. The van der Waals surface area contributed by atoms with Crippen LogP contribution in [0, 0.1) is 0 Å². The second kappa shape index (κ2) is 3.52. The van der Waals surface area contributed by atoms with Crippen LogP contribution in [0.25, 0.3) is 11.3 Å². The van der Waals surface area contributed by atoms with Crippen molar-refractivity contribution in [2.75, 3.05) is 0 Å². The lowest BCUT2D eigenvalue weighted by molar-refractivity contribution is 0.422. The zero-order chi connectivity index (χ0) is 9.26. The Hall–Kier alpha value is -0.800. The highest BCUT2D eigenvalue weighted by molar-refractivity contribution is 9.10. The summed E-state index contributed by atoms with van der Waals surface area (Å²) >= 11 is 9.41. The Morgan fingerprint density at radius 2 is 2.15 bits per heavy atom. The van der Waals surface area contributed by atoms with E-state index in [-0.39, 0.29) is 0 Å². The average Bonchev–Trinajstić information content (AvgIpc) is 2.57. The first-order valence-electron chi connectivity index (χ1n) is 3.64. The molecule has 2 aromatic rings. The minimum atomic E-state index is 0.656. The summed E-state index contributed by atoms with van der Waals surface area (Å²) in [6.45, 7) is 0. The van der Waals surface area contributed by atoms with Gasteiger partial charge in [-0.3, -0.25) is 0 Å². The van der Waals surface area contributed by atoms with Crippen LogP contribution in [0.5, 0.6) is 0 Å². The quantitative estimate of drug-likeness (QED) is 0.778. The summed E-state index contributed by atoms with van der Waals surface area (Å²) in [7, 11) is 0. The number of halogens is 2. The lowest BCUT2D eigenvalue weighted by Gasteiger charge is -2.01. The molecule has 0 unspecified atom stereocenters. The van der Waals surface area contributed by atoms with Crippen molar-refractivity contribution in [2.45, 2.75) is 0 Å². The van der Waals surface area contributed by atoms with Crippen LogP contribution >= 0.6 is 27.5 Å². The third kappa shape index (κ3) is 1.62. The number of rotatable bonds is 1. The van der Waals surface area contributed by atoms with Gasteiger partial charge in [-0.15, -0.1) is 0 Å². The van der Waals surface area contributed by atoms with Gasteiger partial charge in [-0.1, -0.05) is 38.8 Å². The van der Waals surface area contributed by atoms with Crippen molar-refractivity contribution in [2.24, 2.45) is 0 Å². The van der Waals surface area contributed by atoms with Crippen LogP contribution in [0.15, 0.2) is 39.5 Å². The lowest BCUT2D eigenvalue weighted by Crippen LogP contribution is -1.80. The van der Waals surface area contributed by atoms with Crippen LogP contribution < -0.4 is 0 Å². The van der Waals surface area contributed by atoms with Gasteiger partial charge in [0.2, 0.25) is 0 Å². The maximum absolute atomic E-state index is 6.01. The van der Waals surface area contributed by atoms with Crippen LogP contribution in [-0.2, 0) is 0 Å². The molecule has 0 saturated carbocycles. The van der Waals surface area contributed by atoms with Crippen molar-refractivity contribution < 1.29 is 4.52 Å². The van der Waals surface area contributed by atoms with E-state index in [1.54, 1.807) is 6.07 Å². The number of benzene rings is 1. The summed E-state index contributed by atoms with van der Waals surface area (Å²) in [5.41, 5.74) is 1.59. The predicted molar refractivity (Wildman–Crippen MR) is 54.6 cm³/mol. The summed E-state index contributed by atoms with van der Waals surface area (Å²) in [5.74, 6) is 0. The summed E-state index contributed by atoms with van der Waals surface area (Å²) in [6, 6.07) is 7.37. The van der Waals surface area contributed by atoms with E-state index in [0.717, 1.165) is 15.7 Å². The van der Waals surface area contributed by atoms with Crippen LogP contribution in [-0.4, -0.2) is 5.16 Å². The molecular weight excluding hydrogens is 253 g/mol. The van der Waals surface area contributed by atoms with Crippen LogP contribution in [0.4, 0.5) is 0 Å². The van der Waals surface area contributed by atoms with Gasteiger partial charge in [-0.2, -0.15) is 0 Å². The van der Waals surface area contributed by atoms with E-state index < -0.39 is 0 Å². The number of hydrogen-bond donors (Lipinski definition) is 0. The lowest BCUT2D eigenvalue weighted by atomic mass is 10.1. The Morgan fingerprint density at radius 3 is 2.77 bits per heavy atom. The van der Waals surface area contributed by atoms with Gasteiger partial charge >= 0.3 is 0 Å². The molecule has 0 amide bonds. The maximum atomic E-state index is 6.01. The molecule has 66 valence electrons. The van der Waals surface area contributed by atoms with E-state index in [9.17, 15) is 0 Å². The number of nitrogens with zero attached hydrogens (tertiary/aromatic N) is 1. The summed E-state index contributed by atoms with van der Waals surface area (Å²) < 4.78 is 5.66. The van der Waals surface area contributed by atoms with Gasteiger partial charge in [-0.05, 0) is 12.1 Å². The fourth-order valence-corrected chi connectivity index (χ4v) is 2.04. The minimum Gasteiger partial charge on any atom is -0.364 e. The SMILES string of the molecule is Clc1cccc(Br)c1-c1ccon1. The molecule has 1 aromatic heterocycles. The highest BCUT2D eigenvalue weighted by atomic mass is 79.9. The van der Waals surface area contributed by atoms with Crippen molar-refractivity contribution in [1.82, 2.24) is 5.16 Å². The molecule has 0 saturated heterocycles. The second-order valence-electron chi connectivity index (χ2n) is 2.48. The molecule has 4 heteroatoms. The fourth-order valence-electron chi connectivity index (χ4n) is 1.08. The molecule has 1 heterocycles. The van der Waals surface area contributed by atoms with Crippen molar-refractivity contribution in [3.05, 3.63) is 40.0 Å². The molecular formula is C9H5BrClNO. The summed E-state index contributed by atoms with van der Waals surface area (Å²) in [6.07, 6.45) is 1.52. The van der Waals surface area contributed by atoms with Gasteiger partial charge < -0.3 is 4.52 Å². The highest BCUT2D eigenvalue weighted by Crippen LogP contribution is 2.33. The van der Waals surface area contributed by atoms with Gasteiger partial charge in [0.05, 0.1) is 5.02 Å². The molecule has 0 fully saturated rings. The van der Waals surface area contributed by atoms with Crippen molar-refractivity contribution >= 4 is 27.5 Å². The fraction of sp³-hybridized carbons (Fsp3) is 0. The molecule has 0 aliphatic heterocycles. The van der Waals surface area contributed by atoms with Crippen LogP contribution in [0.1, 0.15) is 0 Å². The summed E-state index contributed by atoms with van der Waals surface area (Å²) in [5, 5.41) is 4.47.